The molecule has 1 aliphatic rings. The van der Waals surface area contributed by atoms with Crippen LogP contribution in [-0.4, -0.2) is 52.6 Å². The number of nitrogens with one attached hydrogen (secondary N) is 1. The number of hydrogen-bond acceptors (Lipinski definition) is 5. The minimum atomic E-state index is -3.80. The van der Waals surface area contributed by atoms with E-state index in [9.17, 15) is 13.2 Å². The number of likely N-dealkylation sites (tertiary alicyclic amines) is 1. The molecule has 29 heavy (non-hydrogen) atoms. The molecule has 0 aliphatic carbocycles. The summed E-state index contributed by atoms with van der Waals surface area (Å²) in [6, 6.07) is 11.1. The number of carbonyl (C=O) groups excluding carboxylic acids is 1. The van der Waals surface area contributed by atoms with Gasteiger partial charge in [-0.15, -0.1) is 0 Å². The van der Waals surface area contributed by atoms with Gasteiger partial charge in [0.25, 0.3) is 5.91 Å². The van der Waals surface area contributed by atoms with E-state index in [1.165, 1.54) is 25.3 Å². The number of rotatable bonds is 8. The molecule has 2 aromatic rings. The Bertz CT molecular complexity index is 957. The first kappa shape index (κ1) is 21.4. The van der Waals surface area contributed by atoms with Gasteiger partial charge >= 0.3 is 0 Å². The van der Waals surface area contributed by atoms with E-state index < -0.39 is 10.0 Å². The van der Waals surface area contributed by atoms with Crippen molar-refractivity contribution in [3.05, 3.63) is 53.1 Å². The van der Waals surface area contributed by atoms with Crippen LogP contribution in [0.15, 0.2) is 47.4 Å². The smallest absolute Gasteiger partial charge is 0.257 e. The zero-order valence-corrected chi connectivity index (χ0v) is 17.6. The van der Waals surface area contributed by atoms with Crippen molar-refractivity contribution in [1.82, 2.24) is 9.62 Å². The summed E-state index contributed by atoms with van der Waals surface area (Å²) in [6.07, 6.45) is 1.89. The summed E-state index contributed by atoms with van der Waals surface area (Å²) in [5.74, 6) is 0.728. The second kappa shape index (κ2) is 9.47. The maximum absolute atomic E-state index is 12.7. The second-order valence-corrected chi connectivity index (χ2v) is 8.76. The molecular formula is C20H23ClN2O5S. The highest BCUT2D eigenvalue weighted by Gasteiger charge is 2.25. The van der Waals surface area contributed by atoms with Gasteiger partial charge in [-0.25, -0.2) is 13.1 Å². The van der Waals surface area contributed by atoms with Crippen LogP contribution in [0, 0.1) is 0 Å². The fourth-order valence-electron chi connectivity index (χ4n) is 3.07. The molecule has 0 radical (unpaired) electrons. The summed E-state index contributed by atoms with van der Waals surface area (Å²) in [4.78, 5) is 14.5. The van der Waals surface area contributed by atoms with Crippen LogP contribution in [0.1, 0.15) is 23.2 Å². The van der Waals surface area contributed by atoms with E-state index >= 15 is 0 Å². The minimum Gasteiger partial charge on any atom is -0.496 e. The highest BCUT2D eigenvalue weighted by molar-refractivity contribution is 7.89. The Morgan fingerprint density at radius 2 is 1.83 bits per heavy atom. The molecule has 2 aromatic carbocycles. The van der Waals surface area contributed by atoms with Gasteiger partial charge in [0.05, 0.1) is 17.6 Å². The highest BCUT2D eigenvalue weighted by atomic mass is 35.5. The summed E-state index contributed by atoms with van der Waals surface area (Å²) in [5, 5.41) is 0.594. The topological polar surface area (TPSA) is 84.9 Å². The predicted molar refractivity (Wildman–Crippen MR) is 110 cm³/mol. The molecule has 1 saturated heterocycles. The van der Waals surface area contributed by atoms with E-state index in [0.29, 0.717) is 29.6 Å². The molecule has 1 fully saturated rings. The summed E-state index contributed by atoms with van der Waals surface area (Å²) in [7, 11) is -2.35. The van der Waals surface area contributed by atoms with Crippen LogP contribution in [0.25, 0.3) is 0 Å². The number of hydrogen-bond donors (Lipinski definition) is 1. The molecule has 1 N–H and O–H groups in total. The van der Waals surface area contributed by atoms with Crippen LogP contribution in [0.4, 0.5) is 0 Å². The lowest BCUT2D eigenvalue weighted by Gasteiger charge is -2.18. The molecule has 0 spiro atoms. The van der Waals surface area contributed by atoms with Crippen LogP contribution in [0.5, 0.6) is 11.5 Å². The van der Waals surface area contributed by atoms with Crippen molar-refractivity contribution >= 4 is 27.5 Å². The van der Waals surface area contributed by atoms with Gasteiger partial charge in [-0.3, -0.25) is 4.79 Å². The fraction of sp³-hybridized carbons (Fsp3) is 0.350. The van der Waals surface area contributed by atoms with Crippen LogP contribution >= 0.6 is 11.6 Å². The predicted octanol–water partition coefficient (Wildman–Crippen LogP) is 2.94. The van der Waals surface area contributed by atoms with E-state index in [4.69, 9.17) is 21.1 Å². The lowest BCUT2D eigenvalue weighted by molar-refractivity contribution is 0.0789. The maximum atomic E-state index is 12.7. The van der Waals surface area contributed by atoms with Gasteiger partial charge in [0.2, 0.25) is 10.0 Å². The molecule has 9 heteroatoms. The SMILES string of the molecule is COc1ccc(S(=O)(=O)NCCOc2ccc(Cl)cc2)cc1C(=O)N1CCCC1. The minimum absolute atomic E-state index is 0.00680. The molecule has 7 nitrogen and oxygen atoms in total. The number of ether oxygens (including phenoxy) is 2. The molecule has 0 aromatic heterocycles. The van der Waals surface area contributed by atoms with E-state index in [1.54, 1.807) is 29.2 Å². The third kappa shape index (κ3) is 5.41. The van der Waals surface area contributed by atoms with E-state index in [2.05, 4.69) is 4.72 Å². The van der Waals surface area contributed by atoms with Crippen molar-refractivity contribution in [2.24, 2.45) is 0 Å². The average molecular weight is 439 g/mol. The Hall–Kier alpha value is -2.29. The number of sulfonamides is 1. The van der Waals surface area contributed by atoms with Crippen molar-refractivity contribution < 1.29 is 22.7 Å². The Morgan fingerprint density at radius 3 is 2.48 bits per heavy atom. The summed E-state index contributed by atoms with van der Waals surface area (Å²) in [6.45, 7) is 1.56. The van der Waals surface area contributed by atoms with Crippen LogP contribution in [-0.2, 0) is 10.0 Å². The number of carbonyl (C=O) groups is 1. The number of methoxy groups -OCH3 is 1. The van der Waals surface area contributed by atoms with E-state index in [0.717, 1.165) is 12.8 Å². The largest absolute Gasteiger partial charge is 0.496 e. The Morgan fingerprint density at radius 1 is 1.14 bits per heavy atom. The van der Waals surface area contributed by atoms with E-state index in [1.807, 2.05) is 0 Å². The lowest BCUT2D eigenvalue weighted by atomic mass is 10.1. The maximum Gasteiger partial charge on any atom is 0.257 e. The summed E-state index contributed by atoms with van der Waals surface area (Å²) < 4.78 is 38.5. The molecule has 0 unspecified atom stereocenters. The molecule has 3 rings (SSSR count). The standard InChI is InChI=1S/C20H23ClN2O5S/c1-27-19-9-8-17(14-18(19)20(24)23-11-2-3-12-23)29(25,26)22-10-13-28-16-6-4-15(21)5-7-16/h4-9,14,22H,2-3,10-13H2,1H3. The first-order valence-electron chi connectivity index (χ1n) is 9.26. The van der Waals surface area contributed by atoms with Crippen LogP contribution in [0.2, 0.25) is 5.02 Å². The highest BCUT2D eigenvalue weighted by Crippen LogP contribution is 2.25. The Balaban J connectivity index is 1.66. The zero-order chi connectivity index (χ0) is 20.9. The molecule has 1 aliphatic heterocycles. The van der Waals surface area contributed by atoms with Gasteiger partial charge in [-0.1, -0.05) is 11.6 Å². The Labute approximate surface area is 175 Å². The molecular weight excluding hydrogens is 416 g/mol. The lowest BCUT2D eigenvalue weighted by Crippen LogP contribution is -2.30. The number of halogens is 1. The molecule has 0 bridgehead atoms. The van der Waals surface area contributed by atoms with Crippen molar-refractivity contribution in [3.8, 4) is 11.5 Å². The van der Waals surface area contributed by atoms with Gasteiger partial charge in [0, 0.05) is 24.7 Å². The van der Waals surface area contributed by atoms with Crippen LogP contribution in [0.3, 0.4) is 0 Å². The average Bonchev–Trinajstić information content (AvgIpc) is 3.26. The van der Waals surface area contributed by atoms with Gasteiger partial charge in [-0.05, 0) is 55.3 Å². The normalized spacial score (nSPS) is 14.1. The quantitative estimate of drug-likeness (QED) is 0.640. The van der Waals surface area contributed by atoms with Gasteiger partial charge in [-0.2, -0.15) is 0 Å². The number of benzene rings is 2. The summed E-state index contributed by atoms with van der Waals surface area (Å²) in [5.41, 5.74) is 0.245. The zero-order valence-electron chi connectivity index (χ0n) is 16.1. The van der Waals surface area contributed by atoms with E-state index in [-0.39, 0.29) is 29.5 Å². The molecule has 1 heterocycles. The number of nitrogens with zero attached hydrogens (tertiary/aromatic N) is 1. The number of amides is 1. The van der Waals surface area contributed by atoms with Crippen LogP contribution < -0.4 is 14.2 Å². The third-order valence-electron chi connectivity index (χ3n) is 4.58. The Kier molecular flexibility index (Phi) is 7.00. The van der Waals surface area contributed by atoms with Gasteiger partial charge in [0.1, 0.15) is 18.1 Å². The molecule has 1 amide bonds. The first-order valence-corrected chi connectivity index (χ1v) is 11.1. The molecule has 0 atom stereocenters. The molecule has 0 saturated carbocycles. The van der Waals surface area contributed by atoms with Gasteiger partial charge in [0.15, 0.2) is 0 Å². The summed E-state index contributed by atoms with van der Waals surface area (Å²) >= 11 is 5.82. The third-order valence-corrected chi connectivity index (χ3v) is 6.29. The second-order valence-electron chi connectivity index (χ2n) is 6.56. The van der Waals surface area contributed by atoms with Crippen molar-refractivity contribution in [2.45, 2.75) is 17.7 Å². The molecule has 156 valence electrons. The first-order chi connectivity index (χ1) is 13.9. The van der Waals surface area contributed by atoms with Crippen molar-refractivity contribution in [3.63, 3.8) is 0 Å². The monoisotopic (exact) mass is 438 g/mol. The van der Waals surface area contributed by atoms with Gasteiger partial charge < -0.3 is 14.4 Å². The van der Waals surface area contributed by atoms with Crippen molar-refractivity contribution in [1.29, 1.82) is 0 Å². The fourth-order valence-corrected chi connectivity index (χ4v) is 4.24. The van der Waals surface area contributed by atoms with Crippen molar-refractivity contribution in [2.75, 3.05) is 33.4 Å².